The third kappa shape index (κ3) is 2.45. The van der Waals surface area contributed by atoms with E-state index in [1.807, 2.05) is 18.2 Å². The third-order valence-electron chi connectivity index (χ3n) is 4.28. The zero-order valence-corrected chi connectivity index (χ0v) is 13.7. The van der Waals surface area contributed by atoms with Crippen LogP contribution in [-0.4, -0.2) is 35.3 Å². The largest absolute Gasteiger partial charge is 0.450 e. The minimum absolute atomic E-state index is 0.179. The molecule has 1 saturated heterocycles. The van der Waals surface area contributed by atoms with Crippen LogP contribution in [0.4, 0.5) is 5.82 Å². The molecule has 1 aromatic carbocycles. The first-order valence-electron chi connectivity index (χ1n) is 8.24. The minimum Gasteiger partial charge on any atom is -0.450 e. The van der Waals surface area contributed by atoms with Crippen LogP contribution in [0.1, 0.15) is 26.6 Å². The van der Waals surface area contributed by atoms with E-state index in [1.165, 1.54) is 0 Å². The maximum Gasteiger partial charge on any atom is 0.196 e. The lowest BCUT2D eigenvalue weighted by atomic mass is 10.2. The normalized spacial score (nSPS) is 22.1. The fourth-order valence-electron chi connectivity index (χ4n) is 3.34. The fourth-order valence-corrected chi connectivity index (χ4v) is 3.34. The second-order valence-electron chi connectivity index (χ2n) is 6.26. The van der Waals surface area contributed by atoms with E-state index in [2.05, 4.69) is 31.7 Å². The highest BCUT2D eigenvalue weighted by Crippen LogP contribution is 2.34. The standard InChI is InChI=1S/C18H21N3O2/c1-4-15-19-16-13-7-5-6-8-14(13)23-17(16)18(20-15)21-9-11(2)22-12(3)10-21/h5-8,11-12H,4,9-10H2,1-3H3/t11-,12-/m1/s1. The summed E-state index contributed by atoms with van der Waals surface area (Å²) in [5.41, 5.74) is 2.56. The Balaban J connectivity index is 1.94. The van der Waals surface area contributed by atoms with Crippen molar-refractivity contribution in [2.45, 2.75) is 39.4 Å². The summed E-state index contributed by atoms with van der Waals surface area (Å²) in [6.45, 7) is 7.91. The van der Waals surface area contributed by atoms with Crippen molar-refractivity contribution in [2.24, 2.45) is 0 Å². The highest BCUT2D eigenvalue weighted by Gasteiger charge is 2.27. The van der Waals surface area contributed by atoms with Crippen LogP contribution in [0.2, 0.25) is 0 Å². The van der Waals surface area contributed by atoms with Gasteiger partial charge >= 0.3 is 0 Å². The highest BCUT2D eigenvalue weighted by atomic mass is 16.5. The van der Waals surface area contributed by atoms with Crippen LogP contribution in [-0.2, 0) is 11.2 Å². The molecular weight excluding hydrogens is 290 g/mol. The summed E-state index contributed by atoms with van der Waals surface area (Å²) in [5.74, 6) is 1.75. The zero-order chi connectivity index (χ0) is 16.0. The van der Waals surface area contributed by atoms with Gasteiger partial charge in [-0.3, -0.25) is 0 Å². The third-order valence-corrected chi connectivity index (χ3v) is 4.28. The molecule has 0 radical (unpaired) electrons. The molecule has 2 atom stereocenters. The van der Waals surface area contributed by atoms with Crippen molar-refractivity contribution in [1.29, 1.82) is 0 Å². The number of hydrogen-bond donors (Lipinski definition) is 0. The average Bonchev–Trinajstić information content (AvgIpc) is 2.91. The lowest BCUT2D eigenvalue weighted by Crippen LogP contribution is -2.46. The van der Waals surface area contributed by atoms with Crippen molar-refractivity contribution in [3.8, 4) is 0 Å². The molecule has 3 aromatic rings. The van der Waals surface area contributed by atoms with E-state index in [-0.39, 0.29) is 12.2 Å². The molecule has 5 nitrogen and oxygen atoms in total. The summed E-state index contributed by atoms with van der Waals surface area (Å²) in [5, 5.41) is 1.05. The van der Waals surface area contributed by atoms with E-state index >= 15 is 0 Å². The summed E-state index contributed by atoms with van der Waals surface area (Å²) in [7, 11) is 0. The van der Waals surface area contributed by atoms with Gasteiger partial charge in [-0.25, -0.2) is 9.97 Å². The van der Waals surface area contributed by atoms with Gasteiger partial charge in [0.25, 0.3) is 0 Å². The van der Waals surface area contributed by atoms with Gasteiger partial charge in [-0.15, -0.1) is 0 Å². The van der Waals surface area contributed by atoms with Gasteiger partial charge in [0.2, 0.25) is 0 Å². The number of furan rings is 1. The predicted octanol–water partition coefficient (Wildman–Crippen LogP) is 3.55. The second-order valence-corrected chi connectivity index (χ2v) is 6.26. The van der Waals surface area contributed by atoms with E-state index in [0.717, 1.165) is 53.2 Å². The number of hydrogen-bond acceptors (Lipinski definition) is 5. The number of benzene rings is 1. The van der Waals surface area contributed by atoms with Crippen LogP contribution in [0.3, 0.4) is 0 Å². The molecule has 0 bridgehead atoms. The molecule has 4 rings (SSSR count). The van der Waals surface area contributed by atoms with Gasteiger partial charge in [0.05, 0.1) is 12.2 Å². The number of aromatic nitrogens is 2. The molecule has 0 saturated carbocycles. The van der Waals surface area contributed by atoms with Crippen molar-refractivity contribution < 1.29 is 9.15 Å². The summed E-state index contributed by atoms with van der Waals surface area (Å²) in [6, 6.07) is 8.04. The number of morpholine rings is 1. The van der Waals surface area contributed by atoms with Crippen molar-refractivity contribution in [3.63, 3.8) is 0 Å². The first kappa shape index (κ1) is 14.5. The number of anilines is 1. The lowest BCUT2D eigenvalue weighted by Gasteiger charge is -2.36. The quantitative estimate of drug-likeness (QED) is 0.724. The van der Waals surface area contributed by atoms with Gasteiger partial charge in [0, 0.05) is 24.9 Å². The van der Waals surface area contributed by atoms with E-state index in [0.29, 0.717) is 0 Å². The number of ether oxygens (including phenoxy) is 1. The van der Waals surface area contributed by atoms with Crippen LogP contribution in [0.5, 0.6) is 0 Å². The van der Waals surface area contributed by atoms with Gasteiger partial charge in [0.15, 0.2) is 11.4 Å². The Bertz CT molecular complexity index is 848. The van der Waals surface area contributed by atoms with Crippen molar-refractivity contribution >= 4 is 27.9 Å². The average molecular weight is 311 g/mol. The number of para-hydroxylation sites is 1. The summed E-state index contributed by atoms with van der Waals surface area (Å²) in [4.78, 5) is 11.8. The molecule has 0 amide bonds. The molecule has 0 spiro atoms. The zero-order valence-electron chi connectivity index (χ0n) is 13.7. The number of fused-ring (bicyclic) bond motifs is 3. The Morgan fingerprint density at radius 1 is 1.13 bits per heavy atom. The first-order valence-corrected chi connectivity index (χ1v) is 8.24. The summed E-state index contributed by atoms with van der Waals surface area (Å²) < 4.78 is 11.9. The Morgan fingerprint density at radius 3 is 2.61 bits per heavy atom. The van der Waals surface area contributed by atoms with Crippen LogP contribution in [0.15, 0.2) is 28.7 Å². The van der Waals surface area contributed by atoms with Gasteiger partial charge in [0.1, 0.15) is 16.9 Å². The molecule has 0 N–H and O–H groups in total. The van der Waals surface area contributed by atoms with Gasteiger partial charge in [-0.1, -0.05) is 19.1 Å². The molecule has 1 aliphatic rings. The minimum atomic E-state index is 0.179. The molecule has 1 aliphatic heterocycles. The predicted molar refractivity (Wildman–Crippen MR) is 90.9 cm³/mol. The summed E-state index contributed by atoms with van der Waals surface area (Å²) >= 11 is 0. The molecule has 5 heteroatoms. The number of rotatable bonds is 2. The Morgan fingerprint density at radius 2 is 1.87 bits per heavy atom. The van der Waals surface area contributed by atoms with E-state index in [4.69, 9.17) is 19.1 Å². The lowest BCUT2D eigenvalue weighted by molar-refractivity contribution is -0.00542. The van der Waals surface area contributed by atoms with Crippen molar-refractivity contribution in [3.05, 3.63) is 30.1 Å². The Kier molecular flexibility index (Phi) is 3.45. The molecule has 0 unspecified atom stereocenters. The molecule has 120 valence electrons. The van der Waals surface area contributed by atoms with Crippen LogP contribution in [0.25, 0.3) is 22.1 Å². The van der Waals surface area contributed by atoms with Gasteiger partial charge < -0.3 is 14.1 Å². The van der Waals surface area contributed by atoms with Crippen molar-refractivity contribution in [1.82, 2.24) is 9.97 Å². The Labute approximate surface area is 135 Å². The maximum absolute atomic E-state index is 6.10. The molecular formula is C18H21N3O2. The SMILES string of the molecule is CCc1nc(N2C[C@@H](C)O[C@H](C)C2)c2oc3ccccc3c2n1. The fraction of sp³-hybridized carbons (Fsp3) is 0.444. The van der Waals surface area contributed by atoms with Gasteiger partial charge in [-0.2, -0.15) is 0 Å². The van der Waals surface area contributed by atoms with E-state index in [9.17, 15) is 0 Å². The smallest absolute Gasteiger partial charge is 0.196 e. The first-order chi connectivity index (χ1) is 11.2. The second kappa shape index (κ2) is 5.49. The molecule has 23 heavy (non-hydrogen) atoms. The van der Waals surface area contributed by atoms with E-state index < -0.39 is 0 Å². The number of nitrogens with zero attached hydrogens (tertiary/aromatic N) is 3. The van der Waals surface area contributed by atoms with Crippen LogP contribution < -0.4 is 4.90 Å². The van der Waals surface area contributed by atoms with E-state index in [1.54, 1.807) is 0 Å². The van der Waals surface area contributed by atoms with Crippen LogP contribution in [0, 0.1) is 0 Å². The number of aryl methyl sites for hydroxylation is 1. The highest BCUT2D eigenvalue weighted by molar-refractivity contribution is 6.05. The maximum atomic E-state index is 6.10. The summed E-state index contributed by atoms with van der Waals surface area (Å²) in [6.07, 6.45) is 1.16. The van der Waals surface area contributed by atoms with Crippen LogP contribution >= 0.6 is 0 Å². The molecule has 1 fully saturated rings. The molecule has 3 heterocycles. The Hall–Kier alpha value is -2.14. The monoisotopic (exact) mass is 311 g/mol. The van der Waals surface area contributed by atoms with Gasteiger partial charge in [-0.05, 0) is 26.0 Å². The molecule has 0 aliphatic carbocycles. The van der Waals surface area contributed by atoms with Crippen molar-refractivity contribution in [2.75, 3.05) is 18.0 Å². The molecule has 2 aromatic heterocycles. The topological polar surface area (TPSA) is 51.4 Å².